The number of ether oxygens (including phenoxy) is 1. The maximum atomic E-state index is 12.0. The van der Waals surface area contributed by atoms with E-state index < -0.39 is 0 Å². The summed E-state index contributed by atoms with van der Waals surface area (Å²) < 4.78 is 5.51. The van der Waals surface area contributed by atoms with E-state index in [0.717, 1.165) is 5.75 Å². The van der Waals surface area contributed by atoms with E-state index in [0.29, 0.717) is 30.7 Å². The van der Waals surface area contributed by atoms with Gasteiger partial charge in [-0.2, -0.15) is 0 Å². The molecule has 1 amide bonds. The van der Waals surface area contributed by atoms with Crippen molar-refractivity contribution in [1.29, 1.82) is 0 Å². The highest BCUT2D eigenvalue weighted by molar-refractivity contribution is 5.95. The van der Waals surface area contributed by atoms with E-state index in [4.69, 9.17) is 4.74 Å². The molecule has 2 aromatic rings. The highest BCUT2D eigenvalue weighted by atomic mass is 16.5. The predicted octanol–water partition coefficient (Wildman–Crippen LogP) is 1.77. The molecule has 1 aromatic carbocycles. The Labute approximate surface area is 123 Å². The fourth-order valence-electron chi connectivity index (χ4n) is 1.87. The summed E-state index contributed by atoms with van der Waals surface area (Å²) in [6.07, 6.45) is 4.04. The SMILES string of the molecule is O=C(NCCCOc1ccncc1)c1ccccc1CO. The first-order valence-corrected chi connectivity index (χ1v) is 6.81. The Kier molecular flexibility index (Phi) is 5.72. The van der Waals surface area contributed by atoms with Crippen molar-refractivity contribution in [3.05, 3.63) is 59.9 Å². The molecule has 21 heavy (non-hydrogen) atoms. The minimum absolute atomic E-state index is 0.144. The van der Waals surface area contributed by atoms with Gasteiger partial charge in [-0.15, -0.1) is 0 Å². The Morgan fingerprint density at radius 1 is 1.19 bits per heavy atom. The normalized spacial score (nSPS) is 10.1. The number of pyridine rings is 1. The van der Waals surface area contributed by atoms with E-state index in [1.165, 1.54) is 0 Å². The Hall–Kier alpha value is -2.40. The monoisotopic (exact) mass is 286 g/mol. The highest BCUT2D eigenvalue weighted by Gasteiger charge is 2.09. The minimum Gasteiger partial charge on any atom is -0.493 e. The smallest absolute Gasteiger partial charge is 0.251 e. The summed E-state index contributed by atoms with van der Waals surface area (Å²) in [6.45, 7) is 0.893. The van der Waals surface area contributed by atoms with Crippen LogP contribution in [-0.2, 0) is 6.61 Å². The van der Waals surface area contributed by atoms with Crippen LogP contribution < -0.4 is 10.1 Å². The number of aliphatic hydroxyl groups excluding tert-OH is 1. The Morgan fingerprint density at radius 3 is 2.71 bits per heavy atom. The van der Waals surface area contributed by atoms with Crippen molar-refractivity contribution in [3.63, 3.8) is 0 Å². The molecule has 5 heteroatoms. The number of amides is 1. The van der Waals surface area contributed by atoms with Crippen molar-refractivity contribution in [2.75, 3.05) is 13.2 Å². The van der Waals surface area contributed by atoms with Crippen molar-refractivity contribution in [2.24, 2.45) is 0 Å². The van der Waals surface area contributed by atoms with Gasteiger partial charge >= 0.3 is 0 Å². The van der Waals surface area contributed by atoms with E-state index in [-0.39, 0.29) is 12.5 Å². The Balaban J connectivity index is 1.72. The van der Waals surface area contributed by atoms with Gasteiger partial charge in [-0.05, 0) is 30.2 Å². The fraction of sp³-hybridized carbons (Fsp3) is 0.250. The number of rotatable bonds is 7. The number of hydrogen-bond acceptors (Lipinski definition) is 4. The molecule has 2 rings (SSSR count). The molecule has 110 valence electrons. The lowest BCUT2D eigenvalue weighted by molar-refractivity contribution is 0.0948. The molecule has 5 nitrogen and oxygen atoms in total. The second-order valence-corrected chi connectivity index (χ2v) is 4.46. The Bertz CT molecular complexity index is 573. The molecule has 0 aliphatic rings. The zero-order valence-electron chi connectivity index (χ0n) is 11.7. The molecule has 0 atom stereocenters. The van der Waals surface area contributed by atoms with E-state index in [9.17, 15) is 9.90 Å². The second kappa shape index (κ2) is 8.01. The van der Waals surface area contributed by atoms with E-state index in [1.807, 2.05) is 0 Å². The van der Waals surface area contributed by atoms with E-state index in [2.05, 4.69) is 10.3 Å². The van der Waals surface area contributed by atoms with Gasteiger partial charge in [0, 0.05) is 24.5 Å². The third-order valence-corrected chi connectivity index (χ3v) is 2.96. The van der Waals surface area contributed by atoms with Crippen molar-refractivity contribution in [1.82, 2.24) is 10.3 Å². The van der Waals surface area contributed by atoms with Crippen LogP contribution in [0.3, 0.4) is 0 Å². The number of nitrogens with zero attached hydrogens (tertiary/aromatic N) is 1. The topological polar surface area (TPSA) is 71.5 Å². The molecule has 0 bridgehead atoms. The van der Waals surface area contributed by atoms with Gasteiger partial charge in [-0.25, -0.2) is 0 Å². The van der Waals surface area contributed by atoms with Gasteiger partial charge in [0.2, 0.25) is 0 Å². The molecular weight excluding hydrogens is 268 g/mol. The molecule has 0 fully saturated rings. The molecule has 0 saturated heterocycles. The van der Waals surface area contributed by atoms with Crippen LogP contribution in [0.2, 0.25) is 0 Å². The maximum absolute atomic E-state index is 12.0. The molecule has 1 heterocycles. The first-order valence-electron chi connectivity index (χ1n) is 6.81. The summed E-state index contributed by atoms with van der Waals surface area (Å²) in [6, 6.07) is 10.6. The van der Waals surface area contributed by atoms with Crippen LogP contribution in [0.15, 0.2) is 48.8 Å². The summed E-state index contributed by atoms with van der Waals surface area (Å²) in [5.74, 6) is 0.588. The number of aromatic nitrogens is 1. The number of hydrogen-bond donors (Lipinski definition) is 2. The summed E-state index contributed by atoms with van der Waals surface area (Å²) >= 11 is 0. The lowest BCUT2D eigenvalue weighted by Crippen LogP contribution is -2.26. The number of carbonyl (C=O) groups excluding carboxylic acids is 1. The van der Waals surface area contributed by atoms with Crippen molar-refractivity contribution < 1.29 is 14.6 Å². The molecule has 0 radical (unpaired) electrons. The van der Waals surface area contributed by atoms with Crippen molar-refractivity contribution in [3.8, 4) is 5.75 Å². The number of aliphatic hydroxyl groups is 1. The van der Waals surface area contributed by atoms with Crippen LogP contribution in [-0.4, -0.2) is 29.1 Å². The average Bonchev–Trinajstić information content (AvgIpc) is 2.55. The van der Waals surface area contributed by atoms with Crippen LogP contribution in [0.1, 0.15) is 22.3 Å². The van der Waals surface area contributed by atoms with Crippen molar-refractivity contribution >= 4 is 5.91 Å². The summed E-state index contributed by atoms with van der Waals surface area (Å²) in [5, 5.41) is 12.0. The quantitative estimate of drug-likeness (QED) is 0.761. The minimum atomic E-state index is -0.177. The molecular formula is C16H18N2O3. The molecule has 2 N–H and O–H groups in total. The van der Waals surface area contributed by atoms with Gasteiger partial charge in [-0.3, -0.25) is 9.78 Å². The van der Waals surface area contributed by atoms with Gasteiger partial charge in [0.25, 0.3) is 5.91 Å². The van der Waals surface area contributed by atoms with Crippen molar-refractivity contribution in [2.45, 2.75) is 13.0 Å². The number of carbonyl (C=O) groups is 1. The lowest BCUT2D eigenvalue weighted by atomic mass is 10.1. The molecule has 0 saturated carbocycles. The van der Waals surface area contributed by atoms with Crippen LogP contribution in [0.4, 0.5) is 0 Å². The fourth-order valence-corrected chi connectivity index (χ4v) is 1.87. The third kappa shape index (κ3) is 4.57. The highest BCUT2D eigenvalue weighted by Crippen LogP contribution is 2.09. The van der Waals surface area contributed by atoms with Crippen LogP contribution in [0.25, 0.3) is 0 Å². The van der Waals surface area contributed by atoms with E-state index >= 15 is 0 Å². The zero-order chi connectivity index (χ0) is 14.9. The molecule has 0 aliphatic carbocycles. The maximum Gasteiger partial charge on any atom is 0.251 e. The lowest BCUT2D eigenvalue weighted by Gasteiger charge is -2.09. The number of nitrogens with one attached hydrogen (secondary N) is 1. The average molecular weight is 286 g/mol. The largest absolute Gasteiger partial charge is 0.493 e. The molecule has 0 spiro atoms. The van der Waals surface area contributed by atoms with Gasteiger partial charge in [-0.1, -0.05) is 18.2 Å². The van der Waals surface area contributed by atoms with Crippen LogP contribution >= 0.6 is 0 Å². The number of benzene rings is 1. The van der Waals surface area contributed by atoms with Gasteiger partial charge in [0.15, 0.2) is 0 Å². The summed E-state index contributed by atoms with van der Waals surface area (Å²) in [4.78, 5) is 15.9. The second-order valence-electron chi connectivity index (χ2n) is 4.46. The molecule has 1 aromatic heterocycles. The van der Waals surface area contributed by atoms with Gasteiger partial charge < -0.3 is 15.2 Å². The summed E-state index contributed by atoms with van der Waals surface area (Å²) in [5.41, 5.74) is 1.14. The summed E-state index contributed by atoms with van der Waals surface area (Å²) in [7, 11) is 0. The molecule has 0 aliphatic heterocycles. The first-order chi connectivity index (χ1) is 10.3. The van der Waals surface area contributed by atoms with Gasteiger partial charge in [0.1, 0.15) is 5.75 Å². The zero-order valence-corrected chi connectivity index (χ0v) is 11.7. The first kappa shape index (κ1) is 15.0. The van der Waals surface area contributed by atoms with Gasteiger partial charge in [0.05, 0.1) is 13.2 Å². The van der Waals surface area contributed by atoms with E-state index in [1.54, 1.807) is 48.8 Å². The standard InChI is InChI=1S/C16H18N2O3/c19-12-13-4-1-2-5-15(13)16(20)18-8-3-11-21-14-6-9-17-10-7-14/h1-2,4-7,9-10,19H,3,8,11-12H2,(H,18,20). The van der Waals surface area contributed by atoms with Crippen LogP contribution in [0, 0.1) is 0 Å². The Morgan fingerprint density at radius 2 is 1.95 bits per heavy atom. The van der Waals surface area contributed by atoms with Crippen LogP contribution in [0.5, 0.6) is 5.75 Å². The predicted molar refractivity (Wildman–Crippen MR) is 79.0 cm³/mol. The molecule has 0 unspecified atom stereocenters. The third-order valence-electron chi connectivity index (χ3n) is 2.96.